The molecule has 0 fully saturated rings. The highest BCUT2D eigenvalue weighted by atomic mass is 16.3. The van der Waals surface area contributed by atoms with Crippen LogP contribution in [0.5, 0.6) is 0 Å². The Kier molecular flexibility index (Phi) is 4.58. The van der Waals surface area contributed by atoms with Crippen molar-refractivity contribution < 1.29 is 9.90 Å². The van der Waals surface area contributed by atoms with Crippen LogP contribution in [0.15, 0.2) is 40.5 Å². The van der Waals surface area contributed by atoms with Crippen LogP contribution in [0, 0.1) is 0 Å². The van der Waals surface area contributed by atoms with Crippen LogP contribution >= 0.6 is 0 Å². The Morgan fingerprint density at radius 3 is 2.72 bits per heavy atom. The first-order valence-electron chi connectivity index (χ1n) is 4.79. The molecule has 0 aliphatic carbocycles. The Morgan fingerprint density at radius 2 is 2.33 bits per heavy atom. The Labute approximate surface area is 101 Å². The zero-order valence-corrected chi connectivity index (χ0v) is 9.20. The van der Waals surface area contributed by atoms with Crippen molar-refractivity contribution in [3.05, 3.63) is 41.2 Å². The van der Waals surface area contributed by atoms with Gasteiger partial charge in [-0.25, -0.2) is 19.6 Å². The molecule has 1 aromatic rings. The molecule has 6 N–H and O–H groups in total. The molecule has 0 saturated heterocycles. The predicted molar refractivity (Wildman–Crippen MR) is 63.3 cm³/mol. The van der Waals surface area contributed by atoms with Crippen LogP contribution in [0.2, 0.25) is 0 Å². The lowest BCUT2D eigenvalue weighted by atomic mass is 10.4. The van der Waals surface area contributed by atoms with Gasteiger partial charge in [-0.05, 0) is 6.07 Å². The first kappa shape index (κ1) is 13.4. The molecule has 96 valence electrons. The molecule has 9 nitrogen and oxygen atoms in total. The zero-order valence-electron chi connectivity index (χ0n) is 9.20. The van der Waals surface area contributed by atoms with Crippen molar-refractivity contribution in [2.75, 3.05) is 0 Å². The molecule has 0 radical (unpaired) electrons. The second kappa shape index (κ2) is 6.15. The third kappa shape index (κ3) is 4.90. The van der Waals surface area contributed by atoms with E-state index in [0.717, 1.165) is 0 Å². The van der Waals surface area contributed by atoms with E-state index in [-0.39, 0.29) is 5.69 Å². The largest absolute Gasteiger partial charge is 0.353 e. The SMILES string of the molecule is NC(=O)NC1(O)C=CNC=N1.O=c1nccc[nH]1. The molecule has 1 aliphatic rings. The summed E-state index contributed by atoms with van der Waals surface area (Å²) in [5, 5.41) is 13.9. The molecule has 1 aliphatic heterocycles. The molecule has 0 spiro atoms. The molecule has 0 bridgehead atoms. The molecule has 1 atom stereocenters. The fourth-order valence-corrected chi connectivity index (χ4v) is 0.952. The molecule has 0 saturated carbocycles. The number of nitrogens with one attached hydrogen (secondary N) is 3. The fraction of sp³-hybridized carbons (Fsp3) is 0.111. The smallest absolute Gasteiger partial charge is 0.344 e. The minimum atomic E-state index is -1.70. The van der Waals surface area contributed by atoms with Gasteiger partial charge < -0.3 is 21.1 Å². The maximum atomic E-state index is 10.3. The van der Waals surface area contributed by atoms with Crippen LogP contribution in [-0.4, -0.2) is 33.3 Å². The van der Waals surface area contributed by atoms with Crippen molar-refractivity contribution >= 4 is 12.4 Å². The van der Waals surface area contributed by atoms with Gasteiger partial charge >= 0.3 is 11.7 Å². The Hall–Kier alpha value is -2.68. The summed E-state index contributed by atoms with van der Waals surface area (Å²) in [6.07, 6.45) is 6.92. The Bertz CT molecular complexity index is 480. The molecule has 2 rings (SSSR count). The van der Waals surface area contributed by atoms with Crippen LogP contribution in [0.4, 0.5) is 4.79 Å². The molecule has 18 heavy (non-hydrogen) atoms. The Morgan fingerprint density at radius 1 is 1.56 bits per heavy atom. The van der Waals surface area contributed by atoms with Gasteiger partial charge in [0.2, 0.25) is 0 Å². The number of aliphatic imine (C=N–C) groups is 1. The van der Waals surface area contributed by atoms with Crippen molar-refractivity contribution in [2.24, 2.45) is 10.7 Å². The maximum absolute atomic E-state index is 10.3. The number of amides is 2. The standard InChI is InChI=1S/C5H8N4O2.C4H4N2O/c6-4(10)9-5(11)1-2-7-3-8-5;7-4-5-2-1-3-6-4/h1-3,11H,(H,7,8)(H3,6,9,10);1-3H,(H,5,6,7). The monoisotopic (exact) mass is 252 g/mol. The topological polar surface area (TPSA) is 145 Å². The summed E-state index contributed by atoms with van der Waals surface area (Å²) < 4.78 is 0. The van der Waals surface area contributed by atoms with E-state index in [1.807, 2.05) is 5.32 Å². The lowest BCUT2D eigenvalue weighted by Crippen LogP contribution is -2.49. The van der Waals surface area contributed by atoms with Crippen molar-refractivity contribution in [3.63, 3.8) is 0 Å². The van der Waals surface area contributed by atoms with Gasteiger partial charge in [0.05, 0.1) is 6.34 Å². The average molecular weight is 252 g/mol. The highest BCUT2D eigenvalue weighted by Gasteiger charge is 2.23. The number of hydrogen-bond acceptors (Lipinski definition) is 6. The van der Waals surface area contributed by atoms with E-state index in [4.69, 9.17) is 5.73 Å². The highest BCUT2D eigenvalue weighted by Crippen LogP contribution is 2.04. The molecule has 1 unspecified atom stereocenters. The number of carbonyl (C=O) groups is 1. The van der Waals surface area contributed by atoms with Crippen LogP contribution < -0.4 is 22.1 Å². The van der Waals surface area contributed by atoms with Gasteiger partial charge in [-0.3, -0.25) is 5.32 Å². The maximum Gasteiger partial charge on any atom is 0.344 e. The van der Waals surface area contributed by atoms with Crippen molar-refractivity contribution in [1.29, 1.82) is 0 Å². The number of urea groups is 1. The quantitative estimate of drug-likeness (QED) is 0.375. The minimum absolute atomic E-state index is 0.303. The molecule has 2 amide bonds. The number of rotatable bonds is 1. The third-order valence-corrected chi connectivity index (χ3v) is 1.64. The number of H-pyrrole nitrogens is 1. The average Bonchev–Trinajstić information content (AvgIpc) is 2.30. The molecule has 9 heteroatoms. The number of aromatic amines is 1. The molecule has 2 heterocycles. The molecular weight excluding hydrogens is 240 g/mol. The second-order valence-corrected chi connectivity index (χ2v) is 3.06. The van der Waals surface area contributed by atoms with Crippen molar-refractivity contribution in [1.82, 2.24) is 20.6 Å². The van der Waals surface area contributed by atoms with Crippen molar-refractivity contribution in [2.45, 2.75) is 5.85 Å². The van der Waals surface area contributed by atoms with E-state index in [9.17, 15) is 14.7 Å². The van der Waals surface area contributed by atoms with Gasteiger partial charge in [0.15, 0.2) is 0 Å². The van der Waals surface area contributed by atoms with Crippen molar-refractivity contribution in [3.8, 4) is 0 Å². The first-order chi connectivity index (χ1) is 8.52. The van der Waals surface area contributed by atoms with E-state index >= 15 is 0 Å². The summed E-state index contributed by atoms with van der Waals surface area (Å²) in [5.41, 5.74) is 4.47. The summed E-state index contributed by atoms with van der Waals surface area (Å²) in [4.78, 5) is 29.7. The predicted octanol–water partition coefficient (Wildman–Crippen LogP) is -1.78. The second-order valence-electron chi connectivity index (χ2n) is 3.06. The van der Waals surface area contributed by atoms with Gasteiger partial charge in [-0.1, -0.05) is 0 Å². The van der Waals surface area contributed by atoms with Gasteiger partial charge in [-0.15, -0.1) is 0 Å². The van der Waals surface area contributed by atoms with Crippen LogP contribution in [-0.2, 0) is 0 Å². The van der Waals surface area contributed by atoms with E-state index in [1.165, 1.54) is 31.0 Å². The summed E-state index contributed by atoms with van der Waals surface area (Å²) in [7, 11) is 0. The first-order valence-corrected chi connectivity index (χ1v) is 4.79. The normalized spacial score (nSPS) is 20.3. The number of nitrogens with zero attached hydrogens (tertiary/aromatic N) is 2. The zero-order chi connectivity index (χ0) is 13.4. The lowest BCUT2D eigenvalue weighted by Gasteiger charge is -2.21. The summed E-state index contributed by atoms with van der Waals surface area (Å²) in [6.45, 7) is 0. The number of carbonyl (C=O) groups excluding carboxylic acids is 1. The lowest BCUT2D eigenvalue weighted by molar-refractivity contribution is 0.0743. The van der Waals surface area contributed by atoms with Gasteiger partial charge in [0, 0.05) is 24.7 Å². The summed E-state index contributed by atoms with van der Waals surface area (Å²) >= 11 is 0. The molecule has 1 aromatic heterocycles. The minimum Gasteiger partial charge on any atom is -0.353 e. The molecule has 0 aromatic carbocycles. The van der Waals surface area contributed by atoms with Crippen LogP contribution in [0.3, 0.4) is 0 Å². The summed E-state index contributed by atoms with van der Waals surface area (Å²) in [6, 6.07) is 0.817. The van der Waals surface area contributed by atoms with Crippen LogP contribution in [0.1, 0.15) is 0 Å². The third-order valence-electron chi connectivity index (χ3n) is 1.64. The number of aromatic nitrogens is 2. The van der Waals surface area contributed by atoms with E-state index in [1.54, 1.807) is 6.07 Å². The fourth-order valence-electron chi connectivity index (χ4n) is 0.952. The van der Waals surface area contributed by atoms with Gasteiger partial charge in [-0.2, -0.15) is 0 Å². The van der Waals surface area contributed by atoms with E-state index in [0.29, 0.717) is 0 Å². The number of primary amides is 1. The Balaban J connectivity index is 0.000000199. The van der Waals surface area contributed by atoms with E-state index < -0.39 is 11.9 Å². The van der Waals surface area contributed by atoms with E-state index in [2.05, 4.69) is 20.3 Å². The van der Waals surface area contributed by atoms with Gasteiger partial charge in [0.25, 0.3) is 5.85 Å². The number of aliphatic hydroxyl groups is 1. The highest BCUT2D eigenvalue weighted by molar-refractivity contribution is 5.73. The number of hydrogen-bond donors (Lipinski definition) is 5. The molecular formula is C9H12N6O3. The summed E-state index contributed by atoms with van der Waals surface area (Å²) in [5.74, 6) is -1.70. The van der Waals surface area contributed by atoms with Gasteiger partial charge in [0.1, 0.15) is 0 Å². The van der Waals surface area contributed by atoms with Crippen LogP contribution in [0.25, 0.3) is 0 Å². The number of nitrogens with two attached hydrogens (primary N) is 1.